The summed E-state index contributed by atoms with van der Waals surface area (Å²) in [4.78, 5) is 2.44. The molecule has 96 valence electrons. The molecule has 0 unspecified atom stereocenters. The summed E-state index contributed by atoms with van der Waals surface area (Å²) in [5.41, 5.74) is 0. The van der Waals surface area contributed by atoms with Gasteiger partial charge in [-0.1, -0.05) is 25.7 Å². The summed E-state index contributed by atoms with van der Waals surface area (Å²) in [7, 11) is 3.97. The molecule has 0 aromatic rings. The first kappa shape index (κ1) is 13.9. The SMILES string of the molecule is COCCNCCN(C)CCC1CCCC1. The Hall–Kier alpha value is -0.120. The van der Waals surface area contributed by atoms with Crippen LogP contribution in [0.4, 0.5) is 0 Å². The van der Waals surface area contributed by atoms with Crippen LogP contribution in [0.2, 0.25) is 0 Å². The van der Waals surface area contributed by atoms with Crippen molar-refractivity contribution in [2.75, 3.05) is 46.9 Å². The smallest absolute Gasteiger partial charge is 0.0587 e. The van der Waals surface area contributed by atoms with E-state index < -0.39 is 0 Å². The van der Waals surface area contributed by atoms with Crippen LogP contribution >= 0.6 is 0 Å². The van der Waals surface area contributed by atoms with Crippen LogP contribution in [0.25, 0.3) is 0 Å². The van der Waals surface area contributed by atoms with Gasteiger partial charge in [-0.15, -0.1) is 0 Å². The number of nitrogens with one attached hydrogen (secondary N) is 1. The zero-order valence-corrected chi connectivity index (χ0v) is 11.0. The molecule has 3 heteroatoms. The van der Waals surface area contributed by atoms with Gasteiger partial charge in [0, 0.05) is 26.7 Å². The predicted octanol–water partition coefficient (Wildman–Crippen LogP) is 1.73. The van der Waals surface area contributed by atoms with Crippen LogP contribution in [0, 0.1) is 5.92 Å². The van der Waals surface area contributed by atoms with Gasteiger partial charge in [-0.05, 0) is 25.9 Å². The lowest BCUT2D eigenvalue weighted by molar-refractivity contribution is 0.197. The van der Waals surface area contributed by atoms with Crippen molar-refractivity contribution in [3.05, 3.63) is 0 Å². The quantitative estimate of drug-likeness (QED) is 0.608. The highest BCUT2D eigenvalue weighted by Crippen LogP contribution is 2.27. The maximum absolute atomic E-state index is 4.99. The van der Waals surface area contributed by atoms with Crippen molar-refractivity contribution in [3.8, 4) is 0 Å². The topological polar surface area (TPSA) is 24.5 Å². The average molecular weight is 228 g/mol. The molecule has 0 saturated heterocycles. The molecule has 16 heavy (non-hydrogen) atoms. The van der Waals surface area contributed by atoms with Gasteiger partial charge in [0.05, 0.1) is 6.61 Å². The van der Waals surface area contributed by atoms with Crippen molar-refractivity contribution in [2.45, 2.75) is 32.1 Å². The normalized spacial score (nSPS) is 17.4. The van der Waals surface area contributed by atoms with Crippen molar-refractivity contribution in [1.29, 1.82) is 0 Å². The van der Waals surface area contributed by atoms with Crippen LogP contribution in [0.5, 0.6) is 0 Å². The number of methoxy groups -OCH3 is 1. The fraction of sp³-hybridized carbons (Fsp3) is 1.00. The molecule has 1 aliphatic rings. The summed E-state index contributed by atoms with van der Waals surface area (Å²) in [6.07, 6.45) is 7.27. The summed E-state index contributed by atoms with van der Waals surface area (Å²) in [5, 5.41) is 3.38. The number of hydrogen-bond donors (Lipinski definition) is 1. The third-order valence-electron chi connectivity index (χ3n) is 3.55. The molecule has 1 aliphatic carbocycles. The second-order valence-electron chi connectivity index (χ2n) is 4.99. The van der Waals surface area contributed by atoms with E-state index in [0.717, 1.165) is 32.2 Å². The zero-order valence-electron chi connectivity index (χ0n) is 11.0. The van der Waals surface area contributed by atoms with Gasteiger partial charge in [-0.25, -0.2) is 0 Å². The van der Waals surface area contributed by atoms with Gasteiger partial charge in [-0.2, -0.15) is 0 Å². The van der Waals surface area contributed by atoms with Crippen molar-refractivity contribution < 1.29 is 4.74 Å². The molecule has 0 aromatic carbocycles. The Bertz CT molecular complexity index is 158. The number of rotatable bonds is 9. The van der Waals surface area contributed by atoms with Gasteiger partial charge in [0.1, 0.15) is 0 Å². The van der Waals surface area contributed by atoms with Gasteiger partial charge >= 0.3 is 0 Å². The van der Waals surface area contributed by atoms with Gasteiger partial charge < -0.3 is 15.0 Å². The summed E-state index contributed by atoms with van der Waals surface area (Å²) in [6, 6.07) is 0. The highest BCUT2D eigenvalue weighted by atomic mass is 16.5. The first-order valence-electron chi connectivity index (χ1n) is 6.71. The minimum Gasteiger partial charge on any atom is -0.383 e. The van der Waals surface area contributed by atoms with Crippen LogP contribution < -0.4 is 5.32 Å². The first-order chi connectivity index (χ1) is 7.83. The molecule has 0 aromatic heterocycles. The minimum absolute atomic E-state index is 0.811. The number of ether oxygens (including phenoxy) is 1. The molecule has 0 amide bonds. The summed E-state index contributed by atoms with van der Waals surface area (Å²) in [6.45, 7) is 5.26. The lowest BCUT2D eigenvalue weighted by Crippen LogP contribution is -2.32. The molecule has 3 nitrogen and oxygen atoms in total. The zero-order chi connectivity index (χ0) is 11.6. The predicted molar refractivity (Wildman–Crippen MR) is 68.8 cm³/mol. The number of nitrogens with zero attached hydrogens (tertiary/aromatic N) is 1. The standard InChI is InChI=1S/C13H28N2O/c1-15(11-8-14-9-12-16-2)10-7-13-5-3-4-6-13/h13-14H,3-12H2,1-2H3. The molecule has 0 radical (unpaired) electrons. The Morgan fingerprint density at radius 3 is 2.62 bits per heavy atom. The largest absolute Gasteiger partial charge is 0.383 e. The molecule has 1 fully saturated rings. The molecule has 1 N–H and O–H groups in total. The van der Waals surface area contributed by atoms with E-state index in [-0.39, 0.29) is 0 Å². The third-order valence-corrected chi connectivity index (χ3v) is 3.55. The van der Waals surface area contributed by atoms with E-state index in [9.17, 15) is 0 Å². The lowest BCUT2D eigenvalue weighted by Gasteiger charge is -2.19. The van der Waals surface area contributed by atoms with Gasteiger partial charge in [0.15, 0.2) is 0 Å². The molecular formula is C13H28N2O. The summed E-state index contributed by atoms with van der Waals surface area (Å²) < 4.78 is 4.99. The Balaban J connectivity index is 1.87. The van der Waals surface area contributed by atoms with E-state index in [2.05, 4.69) is 17.3 Å². The fourth-order valence-electron chi connectivity index (χ4n) is 2.38. The molecule has 1 saturated carbocycles. The van der Waals surface area contributed by atoms with E-state index in [1.165, 1.54) is 38.6 Å². The minimum atomic E-state index is 0.811. The van der Waals surface area contributed by atoms with Crippen molar-refractivity contribution in [1.82, 2.24) is 10.2 Å². The maximum Gasteiger partial charge on any atom is 0.0587 e. The molecule has 1 rings (SSSR count). The number of hydrogen-bond acceptors (Lipinski definition) is 3. The molecule has 0 heterocycles. The van der Waals surface area contributed by atoms with Crippen LogP contribution in [0.3, 0.4) is 0 Å². The van der Waals surface area contributed by atoms with Crippen molar-refractivity contribution >= 4 is 0 Å². The molecule has 0 bridgehead atoms. The molecular weight excluding hydrogens is 200 g/mol. The van der Waals surface area contributed by atoms with Crippen LogP contribution in [0.1, 0.15) is 32.1 Å². The Morgan fingerprint density at radius 1 is 1.19 bits per heavy atom. The lowest BCUT2D eigenvalue weighted by atomic mass is 10.0. The highest BCUT2D eigenvalue weighted by Gasteiger charge is 2.14. The Kier molecular flexibility index (Phi) is 7.81. The van der Waals surface area contributed by atoms with Crippen molar-refractivity contribution in [3.63, 3.8) is 0 Å². The van der Waals surface area contributed by atoms with Crippen LogP contribution in [-0.4, -0.2) is 51.8 Å². The van der Waals surface area contributed by atoms with Crippen LogP contribution in [-0.2, 0) is 4.74 Å². The average Bonchev–Trinajstić information content (AvgIpc) is 2.79. The van der Waals surface area contributed by atoms with Gasteiger partial charge in [0.25, 0.3) is 0 Å². The van der Waals surface area contributed by atoms with Crippen LogP contribution in [0.15, 0.2) is 0 Å². The monoisotopic (exact) mass is 228 g/mol. The van der Waals surface area contributed by atoms with Crippen molar-refractivity contribution in [2.24, 2.45) is 5.92 Å². The molecule has 0 aliphatic heterocycles. The van der Waals surface area contributed by atoms with E-state index in [1.54, 1.807) is 7.11 Å². The second-order valence-corrected chi connectivity index (χ2v) is 4.99. The fourth-order valence-corrected chi connectivity index (χ4v) is 2.38. The maximum atomic E-state index is 4.99. The van der Waals surface area contributed by atoms with Gasteiger partial charge in [0.2, 0.25) is 0 Å². The molecule has 0 spiro atoms. The van der Waals surface area contributed by atoms with E-state index in [0.29, 0.717) is 0 Å². The second kappa shape index (κ2) is 8.97. The third kappa shape index (κ3) is 6.46. The Labute approximate surface area is 101 Å². The first-order valence-corrected chi connectivity index (χ1v) is 6.71. The summed E-state index contributed by atoms with van der Waals surface area (Å²) in [5.74, 6) is 1.02. The van der Waals surface area contributed by atoms with E-state index in [1.807, 2.05) is 0 Å². The van der Waals surface area contributed by atoms with E-state index in [4.69, 9.17) is 4.74 Å². The number of likely N-dealkylation sites (N-methyl/N-ethyl adjacent to an activating group) is 1. The highest BCUT2D eigenvalue weighted by molar-refractivity contribution is 4.68. The molecule has 0 atom stereocenters. The van der Waals surface area contributed by atoms with Gasteiger partial charge in [-0.3, -0.25) is 0 Å². The van der Waals surface area contributed by atoms with E-state index >= 15 is 0 Å². The summed E-state index contributed by atoms with van der Waals surface area (Å²) >= 11 is 0. The Morgan fingerprint density at radius 2 is 1.94 bits per heavy atom.